The lowest BCUT2D eigenvalue weighted by Crippen LogP contribution is -2.38. The van der Waals surface area contributed by atoms with Crippen LogP contribution in [0.3, 0.4) is 0 Å². The Morgan fingerprint density at radius 1 is 1.21 bits per heavy atom. The highest BCUT2D eigenvalue weighted by Gasteiger charge is 2.30. The Bertz CT molecular complexity index is 1020. The molecule has 3 aromatic rings. The maximum atomic E-state index is 12.9. The molecule has 0 unspecified atom stereocenters. The highest BCUT2D eigenvalue weighted by Crippen LogP contribution is 2.29. The zero-order valence-corrected chi connectivity index (χ0v) is 16.5. The number of hydrogen-bond donors (Lipinski definition) is 2. The van der Waals surface area contributed by atoms with E-state index in [0.29, 0.717) is 23.7 Å². The van der Waals surface area contributed by atoms with Crippen molar-refractivity contribution in [2.45, 2.75) is 23.7 Å². The van der Waals surface area contributed by atoms with Crippen molar-refractivity contribution in [3.05, 3.63) is 59.1 Å². The number of benzene rings is 1. The first-order valence-electron chi connectivity index (χ1n) is 8.83. The number of hydrogen-bond acceptors (Lipinski definition) is 6. The van der Waals surface area contributed by atoms with Crippen LogP contribution in [0.15, 0.2) is 53.3 Å². The SMILES string of the molecule is O=C(Nc1ccc(S(=O)(=O)N2CCC(c3ncc[nH]3)CC2)cc1)c1cncs1. The van der Waals surface area contributed by atoms with Crippen molar-refractivity contribution in [3.63, 3.8) is 0 Å². The Labute approximate surface area is 166 Å². The monoisotopic (exact) mass is 417 g/mol. The molecule has 2 aromatic heterocycles. The Morgan fingerprint density at radius 3 is 2.57 bits per heavy atom. The molecule has 8 nitrogen and oxygen atoms in total. The quantitative estimate of drug-likeness (QED) is 0.664. The molecule has 1 aliphatic rings. The number of sulfonamides is 1. The fourth-order valence-electron chi connectivity index (χ4n) is 3.25. The van der Waals surface area contributed by atoms with Gasteiger partial charge in [-0.15, -0.1) is 11.3 Å². The van der Waals surface area contributed by atoms with Crippen molar-refractivity contribution in [1.82, 2.24) is 19.3 Å². The minimum absolute atomic E-state index is 0.222. The lowest BCUT2D eigenvalue weighted by molar-refractivity contribution is 0.103. The first-order chi connectivity index (χ1) is 13.5. The lowest BCUT2D eigenvalue weighted by atomic mass is 9.98. The second kappa shape index (κ2) is 7.82. The first kappa shape index (κ1) is 18.8. The molecule has 146 valence electrons. The van der Waals surface area contributed by atoms with Gasteiger partial charge in [-0.3, -0.25) is 9.78 Å². The van der Waals surface area contributed by atoms with Crippen LogP contribution in [-0.2, 0) is 10.0 Å². The van der Waals surface area contributed by atoms with Crippen molar-refractivity contribution in [3.8, 4) is 0 Å². The van der Waals surface area contributed by atoms with Gasteiger partial charge in [-0.1, -0.05) is 0 Å². The van der Waals surface area contributed by atoms with Gasteiger partial charge in [0.15, 0.2) is 0 Å². The number of carbonyl (C=O) groups excluding carboxylic acids is 1. The fraction of sp³-hybridized carbons (Fsp3) is 0.278. The Kier molecular flexibility index (Phi) is 5.25. The summed E-state index contributed by atoms with van der Waals surface area (Å²) < 4.78 is 27.3. The van der Waals surface area contributed by atoms with E-state index in [0.717, 1.165) is 18.7 Å². The molecule has 0 radical (unpaired) electrons. The van der Waals surface area contributed by atoms with Gasteiger partial charge in [0.2, 0.25) is 10.0 Å². The minimum atomic E-state index is -3.56. The highest BCUT2D eigenvalue weighted by atomic mass is 32.2. The van der Waals surface area contributed by atoms with Crippen molar-refractivity contribution in [2.75, 3.05) is 18.4 Å². The number of aromatic nitrogens is 3. The summed E-state index contributed by atoms with van der Waals surface area (Å²) in [6.07, 6.45) is 6.46. The topological polar surface area (TPSA) is 108 Å². The second-order valence-electron chi connectivity index (χ2n) is 6.50. The minimum Gasteiger partial charge on any atom is -0.348 e. The molecule has 0 aliphatic carbocycles. The number of rotatable bonds is 5. The summed E-state index contributed by atoms with van der Waals surface area (Å²) in [6, 6.07) is 6.25. The van der Waals surface area contributed by atoms with E-state index in [2.05, 4.69) is 20.3 Å². The highest BCUT2D eigenvalue weighted by molar-refractivity contribution is 7.89. The third kappa shape index (κ3) is 3.84. The van der Waals surface area contributed by atoms with E-state index in [-0.39, 0.29) is 16.7 Å². The standard InChI is InChI=1S/C18H19N5O3S2/c24-18(16-11-19-12-27-16)22-14-1-3-15(4-2-14)28(25,26)23-9-5-13(6-10-23)17-20-7-8-21-17/h1-4,7-8,11-13H,5-6,9-10H2,(H,20,21)(H,22,24). The van der Waals surface area contributed by atoms with E-state index in [1.807, 2.05) is 0 Å². The number of H-pyrrole nitrogens is 1. The van der Waals surface area contributed by atoms with E-state index in [1.54, 1.807) is 30.0 Å². The number of nitrogens with one attached hydrogen (secondary N) is 2. The van der Waals surface area contributed by atoms with E-state index in [9.17, 15) is 13.2 Å². The van der Waals surface area contributed by atoms with Crippen LogP contribution >= 0.6 is 11.3 Å². The maximum Gasteiger partial charge on any atom is 0.267 e. The van der Waals surface area contributed by atoms with Gasteiger partial charge in [-0.05, 0) is 37.1 Å². The Morgan fingerprint density at radius 2 is 1.96 bits per heavy atom. The Balaban J connectivity index is 1.41. The van der Waals surface area contributed by atoms with Gasteiger partial charge >= 0.3 is 0 Å². The summed E-state index contributed by atoms with van der Waals surface area (Å²) >= 11 is 1.24. The van der Waals surface area contributed by atoms with Crippen LogP contribution in [0, 0.1) is 0 Å². The van der Waals surface area contributed by atoms with Gasteiger partial charge in [-0.25, -0.2) is 13.4 Å². The molecule has 0 bridgehead atoms. The van der Waals surface area contributed by atoms with Crippen molar-refractivity contribution < 1.29 is 13.2 Å². The third-order valence-electron chi connectivity index (χ3n) is 4.77. The molecular weight excluding hydrogens is 398 g/mol. The molecule has 0 atom stereocenters. The number of nitrogens with zero attached hydrogens (tertiary/aromatic N) is 3. The van der Waals surface area contributed by atoms with Gasteiger partial charge in [-0.2, -0.15) is 4.31 Å². The van der Waals surface area contributed by atoms with Crippen LogP contribution in [0.2, 0.25) is 0 Å². The second-order valence-corrected chi connectivity index (χ2v) is 9.32. The van der Waals surface area contributed by atoms with E-state index >= 15 is 0 Å². The summed E-state index contributed by atoms with van der Waals surface area (Å²) in [4.78, 5) is 24.0. The predicted molar refractivity (Wildman–Crippen MR) is 106 cm³/mol. The number of thiazole rings is 1. The number of carbonyl (C=O) groups is 1. The molecular formula is C18H19N5O3S2. The summed E-state index contributed by atoms with van der Waals surface area (Å²) in [5.74, 6) is 0.905. The van der Waals surface area contributed by atoms with Crippen LogP contribution in [0.4, 0.5) is 5.69 Å². The largest absolute Gasteiger partial charge is 0.348 e. The van der Waals surface area contributed by atoms with E-state index in [1.165, 1.54) is 34.0 Å². The molecule has 1 fully saturated rings. The van der Waals surface area contributed by atoms with E-state index < -0.39 is 10.0 Å². The van der Waals surface area contributed by atoms with Crippen LogP contribution in [0.5, 0.6) is 0 Å². The molecule has 28 heavy (non-hydrogen) atoms. The van der Waals surface area contributed by atoms with Gasteiger partial charge in [0.05, 0.1) is 16.6 Å². The molecule has 2 N–H and O–H groups in total. The average Bonchev–Trinajstić information content (AvgIpc) is 3.43. The zero-order chi connectivity index (χ0) is 19.6. The fourth-order valence-corrected chi connectivity index (χ4v) is 5.24. The average molecular weight is 418 g/mol. The molecule has 4 rings (SSSR count). The summed E-state index contributed by atoms with van der Waals surface area (Å²) in [7, 11) is -3.56. The van der Waals surface area contributed by atoms with Gasteiger partial charge < -0.3 is 10.3 Å². The smallest absolute Gasteiger partial charge is 0.267 e. The predicted octanol–water partition coefficient (Wildman–Crippen LogP) is 2.69. The number of anilines is 1. The summed E-state index contributed by atoms with van der Waals surface area (Å²) in [6.45, 7) is 0.912. The van der Waals surface area contributed by atoms with Gasteiger partial charge in [0.25, 0.3) is 5.91 Å². The van der Waals surface area contributed by atoms with Crippen molar-refractivity contribution in [1.29, 1.82) is 0 Å². The van der Waals surface area contributed by atoms with Crippen LogP contribution in [-0.4, -0.2) is 46.7 Å². The molecule has 0 saturated carbocycles. The first-order valence-corrected chi connectivity index (χ1v) is 11.2. The molecule has 10 heteroatoms. The zero-order valence-electron chi connectivity index (χ0n) is 14.9. The summed E-state index contributed by atoms with van der Waals surface area (Å²) in [5.41, 5.74) is 2.12. The van der Waals surface area contributed by atoms with Crippen molar-refractivity contribution in [2.24, 2.45) is 0 Å². The van der Waals surface area contributed by atoms with Crippen molar-refractivity contribution >= 4 is 33.0 Å². The molecule has 1 aliphatic heterocycles. The molecule has 1 aromatic carbocycles. The number of aromatic amines is 1. The third-order valence-corrected chi connectivity index (χ3v) is 7.45. The van der Waals surface area contributed by atoms with Crippen LogP contribution in [0.25, 0.3) is 0 Å². The molecule has 1 saturated heterocycles. The normalized spacial score (nSPS) is 16.1. The number of amides is 1. The number of piperidine rings is 1. The molecule has 3 heterocycles. The Hall–Kier alpha value is -2.56. The van der Waals surface area contributed by atoms with Crippen LogP contribution < -0.4 is 5.32 Å². The van der Waals surface area contributed by atoms with E-state index in [4.69, 9.17) is 0 Å². The molecule has 1 amide bonds. The van der Waals surface area contributed by atoms with Crippen LogP contribution in [0.1, 0.15) is 34.3 Å². The lowest BCUT2D eigenvalue weighted by Gasteiger charge is -2.30. The number of imidazole rings is 1. The van der Waals surface area contributed by atoms with Gasteiger partial charge in [0.1, 0.15) is 10.7 Å². The van der Waals surface area contributed by atoms with Gasteiger partial charge in [0, 0.05) is 37.1 Å². The molecule has 0 spiro atoms. The maximum absolute atomic E-state index is 12.9. The summed E-state index contributed by atoms with van der Waals surface area (Å²) in [5, 5.41) is 2.74.